The number of primary amides is 1. The number of halogens is 1. The summed E-state index contributed by atoms with van der Waals surface area (Å²) in [5.41, 5.74) is 11.9. The van der Waals surface area contributed by atoms with E-state index < -0.39 is 12.2 Å². The summed E-state index contributed by atoms with van der Waals surface area (Å²) in [6.45, 7) is 6.75. The quantitative estimate of drug-likeness (QED) is 0.298. The van der Waals surface area contributed by atoms with Crippen LogP contribution < -0.4 is 5.73 Å². The van der Waals surface area contributed by atoms with Gasteiger partial charge in [0.2, 0.25) is 0 Å². The molecule has 3 heterocycles. The third kappa shape index (κ3) is 4.42. The fourth-order valence-electron chi connectivity index (χ4n) is 4.64. The van der Waals surface area contributed by atoms with Gasteiger partial charge in [0, 0.05) is 41.1 Å². The summed E-state index contributed by atoms with van der Waals surface area (Å²) in [7, 11) is 0. The number of amides is 1. The van der Waals surface area contributed by atoms with Crippen molar-refractivity contribution in [1.29, 1.82) is 5.26 Å². The highest BCUT2D eigenvalue weighted by Crippen LogP contribution is 2.37. The predicted molar refractivity (Wildman–Crippen MR) is 142 cm³/mol. The summed E-state index contributed by atoms with van der Waals surface area (Å²) >= 11 is 3.62. The van der Waals surface area contributed by atoms with E-state index in [4.69, 9.17) is 20.7 Å². The molecule has 0 radical (unpaired) electrons. The van der Waals surface area contributed by atoms with Crippen molar-refractivity contribution in [3.8, 4) is 34.4 Å². The topological polar surface area (TPSA) is 98.9 Å². The lowest BCUT2D eigenvalue weighted by atomic mass is 9.86. The molecule has 2 aromatic carbocycles. The van der Waals surface area contributed by atoms with Crippen LogP contribution >= 0.6 is 15.9 Å². The molecule has 5 rings (SSSR count). The molecule has 4 aromatic rings. The molecule has 1 amide bonds. The smallest absolute Gasteiger partial charge is 0.404 e. The molecule has 2 N–H and O–H groups in total. The minimum atomic E-state index is -0.782. The fourth-order valence-corrected chi connectivity index (χ4v) is 5.05. The molecule has 0 saturated heterocycles. The fraction of sp³-hybridized carbons (Fsp3) is 0.250. The van der Waals surface area contributed by atoms with Crippen LogP contribution in [0.15, 0.2) is 65.4 Å². The van der Waals surface area contributed by atoms with Crippen molar-refractivity contribution in [2.45, 2.75) is 39.8 Å². The van der Waals surface area contributed by atoms with Crippen LogP contribution in [0.1, 0.15) is 37.6 Å². The molecular weight excluding hydrogens is 518 g/mol. The number of nitrogens with zero attached hydrogens (tertiary/aromatic N) is 4. The van der Waals surface area contributed by atoms with Gasteiger partial charge in [0.05, 0.1) is 23.0 Å². The highest BCUT2D eigenvalue weighted by molar-refractivity contribution is 9.10. The maximum absolute atomic E-state index is 11.7. The molecule has 0 saturated carbocycles. The predicted octanol–water partition coefficient (Wildman–Crippen LogP) is 6.06. The lowest BCUT2D eigenvalue weighted by Crippen LogP contribution is -2.36. The maximum atomic E-state index is 11.7. The number of ether oxygens (including phenoxy) is 1. The minimum Gasteiger partial charge on any atom is -0.445 e. The minimum absolute atomic E-state index is 0.310. The zero-order valence-corrected chi connectivity index (χ0v) is 21.9. The Labute approximate surface area is 218 Å². The van der Waals surface area contributed by atoms with E-state index in [0.29, 0.717) is 18.5 Å². The average Bonchev–Trinajstić information content (AvgIpc) is 3.39. The molecule has 0 bridgehead atoms. The summed E-state index contributed by atoms with van der Waals surface area (Å²) in [6, 6.07) is 18.1. The second-order valence-electron chi connectivity index (χ2n) is 10.1. The van der Waals surface area contributed by atoms with Crippen molar-refractivity contribution >= 4 is 22.0 Å². The third-order valence-electron chi connectivity index (χ3n) is 6.55. The van der Waals surface area contributed by atoms with Crippen molar-refractivity contribution in [2.75, 3.05) is 0 Å². The molecule has 1 unspecified atom stereocenters. The number of nitriles is 1. The summed E-state index contributed by atoms with van der Waals surface area (Å²) in [4.78, 5) is 16.5. The number of hydrogen-bond acceptors (Lipinski definition) is 4. The molecule has 0 aliphatic carbocycles. The number of imidazole rings is 1. The zero-order valence-electron chi connectivity index (χ0n) is 20.3. The van der Waals surface area contributed by atoms with Crippen LogP contribution in [0.5, 0.6) is 0 Å². The van der Waals surface area contributed by atoms with Crippen LogP contribution in [0.25, 0.3) is 28.3 Å². The number of benzene rings is 2. The van der Waals surface area contributed by atoms with Gasteiger partial charge in [-0.15, -0.1) is 0 Å². The van der Waals surface area contributed by atoms with E-state index in [9.17, 15) is 4.79 Å². The Bertz CT molecular complexity index is 1500. The standard InChI is InChI=1S/C28H26BrN5O2/c1-28(2,3)25(36-27(31)35)12-22-14-32-26-24-11-19(18-6-4-17(13-30)5-7-18)15-33(24)16-20-10-21(29)8-9-23(20)34(22)26/h4-11,14-15,25H,12,16H2,1-3H3,(H2,31,35). The van der Waals surface area contributed by atoms with Crippen LogP contribution in [0.3, 0.4) is 0 Å². The van der Waals surface area contributed by atoms with Crippen LogP contribution in [0.2, 0.25) is 0 Å². The molecule has 36 heavy (non-hydrogen) atoms. The van der Waals surface area contributed by atoms with E-state index in [1.54, 1.807) is 0 Å². The Morgan fingerprint density at radius 3 is 2.61 bits per heavy atom. The molecule has 2 aromatic heterocycles. The highest BCUT2D eigenvalue weighted by Gasteiger charge is 2.31. The van der Waals surface area contributed by atoms with Gasteiger partial charge in [0.15, 0.2) is 5.82 Å². The second kappa shape index (κ2) is 8.99. The molecule has 1 atom stereocenters. The summed E-state index contributed by atoms with van der Waals surface area (Å²) < 4.78 is 10.9. The Hall–Kier alpha value is -3.83. The molecule has 8 heteroatoms. The SMILES string of the molecule is CC(C)(C)C(Cc1cnc2n1-c1ccc(Br)cc1Cn1cc(-c3ccc(C#N)cc3)cc1-2)OC(N)=O. The number of carbonyl (C=O) groups is 1. The molecule has 182 valence electrons. The van der Waals surface area contributed by atoms with E-state index in [2.05, 4.69) is 55.5 Å². The van der Waals surface area contributed by atoms with Crippen LogP contribution in [-0.4, -0.2) is 26.3 Å². The molecule has 7 nitrogen and oxygen atoms in total. The van der Waals surface area contributed by atoms with Gasteiger partial charge in [-0.1, -0.05) is 48.8 Å². The number of hydrogen-bond donors (Lipinski definition) is 1. The average molecular weight is 544 g/mol. The number of rotatable bonds is 4. The number of carbonyl (C=O) groups excluding carboxylic acids is 1. The van der Waals surface area contributed by atoms with Crippen molar-refractivity contribution in [3.05, 3.63) is 82.2 Å². The maximum Gasteiger partial charge on any atom is 0.404 e. The first-order chi connectivity index (χ1) is 17.1. The lowest BCUT2D eigenvalue weighted by Gasteiger charge is -2.30. The monoisotopic (exact) mass is 543 g/mol. The van der Waals surface area contributed by atoms with Gasteiger partial charge in [-0.05, 0) is 52.9 Å². The largest absolute Gasteiger partial charge is 0.445 e. The Balaban J connectivity index is 1.65. The first kappa shape index (κ1) is 23.9. The van der Waals surface area contributed by atoms with Gasteiger partial charge >= 0.3 is 6.09 Å². The van der Waals surface area contributed by atoms with E-state index in [1.807, 2.05) is 57.3 Å². The lowest BCUT2D eigenvalue weighted by molar-refractivity contribution is 0.0366. The normalized spacial score (nSPS) is 13.1. The van der Waals surface area contributed by atoms with Crippen molar-refractivity contribution in [1.82, 2.24) is 14.1 Å². The summed E-state index contributed by atoms with van der Waals surface area (Å²) in [6.07, 6.45) is 3.25. The van der Waals surface area contributed by atoms with Crippen molar-refractivity contribution in [3.63, 3.8) is 0 Å². The van der Waals surface area contributed by atoms with Crippen LogP contribution in [0, 0.1) is 16.7 Å². The second-order valence-corrected chi connectivity index (χ2v) is 11.0. The van der Waals surface area contributed by atoms with Crippen LogP contribution in [0.4, 0.5) is 4.79 Å². The van der Waals surface area contributed by atoms with E-state index in [1.165, 1.54) is 0 Å². The van der Waals surface area contributed by atoms with Gasteiger partial charge in [0.25, 0.3) is 0 Å². The molecule has 1 aliphatic heterocycles. The number of fused-ring (bicyclic) bond motifs is 5. The van der Waals surface area contributed by atoms with Gasteiger partial charge in [-0.25, -0.2) is 9.78 Å². The Kier molecular flexibility index (Phi) is 5.97. The molecule has 0 fully saturated rings. The molecule has 1 aliphatic rings. The van der Waals surface area contributed by atoms with E-state index in [0.717, 1.165) is 44.1 Å². The number of aromatic nitrogens is 3. The number of nitrogens with two attached hydrogens (primary N) is 1. The molecular formula is C28H26BrN5O2. The van der Waals surface area contributed by atoms with E-state index in [-0.39, 0.29) is 5.41 Å². The van der Waals surface area contributed by atoms with Crippen LogP contribution in [-0.2, 0) is 17.7 Å². The zero-order chi connectivity index (χ0) is 25.6. The van der Waals surface area contributed by atoms with Gasteiger partial charge < -0.3 is 15.0 Å². The Morgan fingerprint density at radius 1 is 1.19 bits per heavy atom. The Morgan fingerprint density at radius 2 is 1.94 bits per heavy atom. The molecule has 0 spiro atoms. The van der Waals surface area contributed by atoms with Gasteiger partial charge in [0.1, 0.15) is 6.10 Å². The summed E-state index contributed by atoms with van der Waals surface area (Å²) in [5, 5.41) is 9.15. The van der Waals surface area contributed by atoms with Gasteiger partial charge in [-0.3, -0.25) is 4.57 Å². The highest BCUT2D eigenvalue weighted by atomic mass is 79.9. The first-order valence-electron chi connectivity index (χ1n) is 11.7. The van der Waals surface area contributed by atoms with Gasteiger partial charge in [-0.2, -0.15) is 5.26 Å². The van der Waals surface area contributed by atoms with E-state index >= 15 is 0 Å². The van der Waals surface area contributed by atoms with Crippen molar-refractivity contribution < 1.29 is 9.53 Å². The summed E-state index contributed by atoms with van der Waals surface area (Å²) in [5.74, 6) is 0.817. The first-order valence-corrected chi connectivity index (χ1v) is 12.5. The van der Waals surface area contributed by atoms with Crippen molar-refractivity contribution in [2.24, 2.45) is 11.1 Å². The third-order valence-corrected chi connectivity index (χ3v) is 7.04.